The highest BCUT2D eigenvalue weighted by Crippen LogP contribution is 2.31. The number of benzene rings is 3. The van der Waals surface area contributed by atoms with Crippen molar-refractivity contribution in [2.75, 3.05) is 26.9 Å². The molecular formula is C38H47N9O8. The number of tetrazole rings is 1. The fourth-order valence-electron chi connectivity index (χ4n) is 5.44. The van der Waals surface area contributed by atoms with E-state index in [9.17, 15) is 14.8 Å². The predicted molar refractivity (Wildman–Crippen MR) is 200 cm³/mol. The number of ether oxygens (including phenoxy) is 4. The summed E-state index contributed by atoms with van der Waals surface area (Å²) in [6, 6.07) is 21.2. The third-order valence-electron chi connectivity index (χ3n) is 8.77. The minimum absolute atomic E-state index is 0.0727. The number of hydrogen-bond donors (Lipinski definition) is 1. The molecule has 17 nitrogen and oxygen atoms in total. The van der Waals surface area contributed by atoms with Crippen LogP contribution in [0.25, 0.3) is 33.5 Å². The lowest BCUT2D eigenvalue weighted by atomic mass is 9.98. The van der Waals surface area contributed by atoms with Gasteiger partial charge in [0.25, 0.3) is 6.01 Å². The number of aromatic amines is 1. The molecule has 3 aromatic carbocycles. The topological polar surface area (TPSA) is 194 Å². The second kappa shape index (κ2) is 18.2. The average molecular weight is 758 g/mol. The van der Waals surface area contributed by atoms with Crippen LogP contribution in [0.15, 0.2) is 72.0 Å². The van der Waals surface area contributed by atoms with Gasteiger partial charge in [-0.1, -0.05) is 61.5 Å². The number of hydrazine groups is 1. The highest BCUT2D eigenvalue weighted by molar-refractivity contribution is 6.02. The van der Waals surface area contributed by atoms with E-state index < -0.39 is 24.0 Å². The third-order valence-corrected chi connectivity index (χ3v) is 8.77. The molecule has 2 aromatic heterocycles. The zero-order valence-corrected chi connectivity index (χ0v) is 32.1. The van der Waals surface area contributed by atoms with Crippen LogP contribution in [0.4, 0.5) is 4.79 Å². The highest BCUT2D eigenvalue weighted by Gasteiger charge is 2.25. The van der Waals surface area contributed by atoms with Crippen molar-refractivity contribution in [1.82, 2.24) is 35.2 Å². The van der Waals surface area contributed by atoms with E-state index in [2.05, 4.69) is 30.9 Å². The van der Waals surface area contributed by atoms with Gasteiger partial charge < -0.3 is 29.0 Å². The molecule has 2 heterocycles. The Bertz CT molecular complexity index is 2060. The van der Waals surface area contributed by atoms with Crippen LogP contribution in [0.5, 0.6) is 6.01 Å². The third kappa shape index (κ3) is 10.5. The summed E-state index contributed by atoms with van der Waals surface area (Å²) in [5.41, 5.74) is 4.54. The number of hydrogen-bond acceptors (Lipinski definition) is 13. The summed E-state index contributed by atoms with van der Waals surface area (Å²) in [4.78, 5) is 36.1. The van der Waals surface area contributed by atoms with E-state index in [0.29, 0.717) is 53.8 Å². The summed E-state index contributed by atoms with van der Waals surface area (Å²) in [6.07, 6.45) is -1.12. The first-order valence-corrected chi connectivity index (χ1v) is 18.0. The van der Waals surface area contributed by atoms with Gasteiger partial charge in [0.15, 0.2) is 0 Å². The molecule has 2 atom stereocenters. The first kappa shape index (κ1) is 39.9. The maximum absolute atomic E-state index is 13.5. The number of para-hydroxylation sites is 1. The molecule has 55 heavy (non-hydrogen) atoms. The number of nitrogens with zero attached hydrogens (tertiary/aromatic N) is 8. The van der Waals surface area contributed by atoms with Gasteiger partial charge in [-0.25, -0.2) is 9.59 Å². The molecule has 0 aliphatic heterocycles. The van der Waals surface area contributed by atoms with Crippen LogP contribution in [0.1, 0.15) is 70.3 Å². The number of aromatic nitrogens is 6. The Balaban J connectivity index is 1.18. The first-order chi connectivity index (χ1) is 26.3. The Hall–Kier alpha value is -6.26. The van der Waals surface area contributed by atoms with Crippen LogP contribution >= 0.6 is 0 Å². The van der Waals surface area contributed by atoms with E-state index >= 15 is 0 Å². The van der Waals surface area contributed by atoms with Gasteiger partial charge in [0.2, 0.25) is 17.4 Å². The molecule has 1 N–H and O–H groups in total. The molecule has 0 amide bonds. The van der Waals surface area contributed by atoms with Crippen LogP contribution in [0, 0.1) is 11.1 Å². The maximum atomic E-state index is 13.5. The second-order valence-corrected chi connectivity index (χ2v) is 13.8. The van der Waals surface area contributed by atoms with Crippen molar-refractivity contribution in [3.8, 4) is 28.5 Å². The normalized spacial score (nSPS) is 12.9. The second-order valence-electron chi connectivity index (χ2n) is 13.8. The Labute approximate surface area is 318 Å². The van der Waals surface area contributed by atoms with E-state index in [1.54, 1.807) is 25.2 Å². The molecule has 0 saturated carbocycles. The fraction of sp³-hybridized carbons (Fsp3) is 0.421. The van der Waals surface area contributed by atoms with E-state index in [0.717, 1.165) is 22.3 Å². The van der Waals surface area contributed by atoms with E-state index in [1.165, 1.54) is 11.9 Å². The molecule has 0 saturated heterocycles. The Morgan fingerprint density at radius 3 is 2.40 bits per heavy atom. The average Bonchev–Trinajstić information content (AvgIpc) is 3.82. The maximum Gasteiger partial charge on any atom is 0.511 e. The van der Waals surface area contributed by atoms with E-state index in [-0.39, 0.29) is 24.7 Å². The zero-order valence-electron chi connectivity index (χ0n) is 32.1. The van der Waals surface area contributed by atoms with Crippen molar-refractivity contribution in [3.05, 3.63) is 83.1 Å². The molecule has 0 fully saturated rings. The minimum Gasteiger partial charge on any atom is -0.569 e. The van der Waals surface area contributed by atoms with Gasteiger partial charge in [0.1, 0.15) is 6.61 Å². The van der Waals surface area contributed by atoms with Gasteiger partial charge in [0.05, 0.1) is 53.9 Å². The number of fused-ring (bicyclic) bond motifs is 1. The molecule has 0 bridgehead atoms. The molecule has 292 valence electrons. The van der Waals surface area contributed by atoms with Crippen molar-refractivity contribution in [2.45, 2.75) is 72.8 Å². The van der Waals surface area contributed by atoms with E-state index in [4.69, 9.17) is 23.8 Å². The van der Waals surface area contributed by atoms with Gasteiger partial charge >= 0.3 is 12.1 Å². The standard InChI is InChI=1S/C38H47N9O8/c1-8-51-36-39-32-15-11-14-31(33(32)46(36)24-27-16-18-28(19-17-27)29-12-9-10-13-30(29)34-40-42-43-41-34)35(48)54-26(3)55-37(49)52-22-20-25(2)21-23-53-44-47(50)45(7)38(4,5)6/h9-19,25-26H,8,20-24H2,1-7H3,(H,40,41,42,43)/b47-44-. The minimum atomic E-state index is -1.24. The largest absolute Gasteiger partial charge is 0.569 e. The van der Waals surface area contributed by atoms with Crippen LogP contribution < -0.4 is 4.74 Å². The summed E-state index contributed by atoms with van der Waals surface area (Å²) < 4.78 is 23.7. The number of imidazole rings is 1. The Morgan fingerprint density at radius 1 is 0.982 bits per heavy atom. The van der Waals surface area contributed by atoms with Gasteiger partial charge in [-0.15, -0.1) is 15.2 Å². The molecule has 17 heteroatoms. The number of esters is 1. The number of carbonyl (C=O) groups is 2. The molecular weight excluding hydrogens is 710 g/mol. The summed E-state index contributed by atoms with van der Waals surface area (Å²) in [5, 5.41) is 31.4. The Morgan fingerprint density at radius 2 is 1.71 bits per heavy atom. The van der Waals surface area contributed by atoms with Crippen molar-refractivity contribution in [2.24, 2.45) is 11.2 Å². The summed E-state index contributed by atoms with van der Waals surface area (Å²) in [7, 11) is 1.63. The monoisotopic (exact) mass is 757 g/mol. The quantitative estimate of drug-likeness (QED) is 0.0256. The first-order valence-electron chi connectivity index (χ1n) is 18.0. The van der Waals surface area contributed by atoms with Gasteiger partial charge in [-0.3, -0.25) is 4.57 Å². The molecule has 5 rings (SSSR count). The Kier molecular flexibility index (Phi) is 13.2. The molecule has 5 aromatic rings. The lowest BCUT2D eigenvalue weighted by Gasteiger charge is -2.26. The lowest BCUT2D eigenvalue weighted by molar-refractivity contribution is -0.719. The van der Waals surface area contributed by atoms with Crippen molar-refractivity contribution in [3.63, 3.8) is 0 Å². The van der Waals surface area contributed by atoms with E-state index in [1.807, 2.05) is 87.7 Å². The van der Waals surface area contributed by atoms with Crippen molar-refractivity contribution < 1.29 is 38.3 Å². The fourth-order valence-corrected chi connectivity index (χ4v) is 5.44. The van der Waals surface area contributed by atoms with Crippen LogP contribution in [-0.2, 0) is 25.6 Å². The molecule has 0 aliphatic carbocycles. The van der Waals surface area contributed by atoms with Gasteiger partial charge in [0, 0.05) is 12.5 Å². The molecule has 0 spiro atoms. The summed E-state index contributed by atoms with van der Waals surface area (Å²) in [6.45, 7) is 11.9. The lowest BCUT2D eigenvalue weighted by Crippen LogP contribution is -2.42. The van der Waals surface area contributed by atoms with Gasteiger partial charge in [-0.05, 0) is 80.5 Å². The predicted octanol–water partition coefficient (Wildman–Crippen LogP) is 6.94. The van der Waals surface area contributed by atoms with Gasteiger partial charge in [-0.2, -0.15) is 10.2 Å². The molecule has 0 radical (unpaired) electrons. The number of H-pyrrole nitrogens is 1. The zero-order chi connectivity index (χ0) is 39.5. The van der Waals surface area contributed by atoms with Crippen molar-refractivity contribution in [1.29, 1.82) is 0 Å². The summed E-state index contributed by atoms with van der Waals surface area (Å²) in [5.74, 6) is -0.117. The highest BCUT2D eigenvalue weighted by atomic mass is 16.8. The smallest absolute Gasteiger partial charge is 0.511 e. The number of carbonyl (C=O) groups excluding carboxylic acids is 2. The number of nitrogens with one attached hydrogen (secondary N) is 1. The number of rotatable bonds is 17. The van der Waals surface area contributed by atoms with Crippen LogP contribution in [-0.4, -0.2) is 91.0 Å². The summed E-state index contributed by atoms with van der Waals surface area (Å²) >= 11 is 0. The van der Waals surface area contributed by atoms with Crippen molar-refractivity contribution >= 4 is 23.2 Å². The van der Waals surface area contributed by atoms with Crippen LogP contribution in [0.3, 0.4) is 0 Å². The van der Waals surface area contributed by atoms with Crippen LogP contribution in [0.2, 0.25) is 0 Å². The molecule has 2 unspecified atom stereocenters. The SMILES string of the molecule is CCOc1nc2cccc(C(=O)OC(C)OC(=O)OCCC(C)CCO/N=[N+](\[O-])N(C)C(C)(C)C)c2n1Cc1ccc(-c2ccccc2-c2nn[nH]n2)cc1. The molecule has 0 aliphatic rings.